The lowest BCUT2D eigenvalue weighted by Gasteiger charge is -2.01. The summed E-state index contributed by atoms with van der Waals surface area (Å²) >= 11 is 1.49. The molecule has 0 spiro atoms. The van der Waals surface area contributed by atoms with E-state index in [1.807, 2.05) is 11.4 Å². The number of benzene rings is 1. The van der Waals surface area contributed by atoms with E-state index >= 15 is 0 Å². The normalized spacial score (nSPS) is 10.1. The van der Waals surface area contributed by atoms with Crippen molar-refractivity contribution < 1.29 is 5.11 Å². The zero-order valence-corrected chi connectivity index (χ0v) is 7.43. The number of aromatic hydroxyl groups is 1. The Morgan fingerprint density at radius 2 is 2.31 bits per heavy atom. The van der Waals surface area contributed by atoms with E-state index in [-0.39, 0.29) is 11.3 Å². The Morgan fingerprint density at radius 1 is 1.54 bits per heavy atom. The van der Waals surface area contributed by atoms with Crippen molar-refractivity contribution >= 4 is 27.1 Å². The van der Waals surface area contributed by atoms with E-state index in [1.54, 1.807) is 12.1 Å². The zero-order chi connectivity index (χ0) is 9.42. The number of anilines is 1. The predicted molar refractivity (Wildman–Crippen MR) is 52.6 cm³/mol. The van der Waals surface area contributed by atoms with E-state index in [9.17, 15) is 5.11 Å². The third kappa shape index (κ3) is 1.02. The van der Waals surface area contributed by atoms with Crippen LogP contribution in [0.2, 0.25) is 0 Å². The number of nitrogens with zero attached hydrogens (tertiary/aromatic N) is 1. The van der Waals surface area contributed by atoms with Gasteiger partial charge in [-0.2, -0.15) is 5.26 Å². The van der Waals surface area contributed by atoms with E-state index in [0.29, 0.717) is 11.1 Å². The summed E-state index contributed by atoms with van der Waals surface area (Å²) in [4.78, 5) is 0. The van der Waals surface area contributed by atoms with Crippen LogP contribution in [0.25, 0.3) is 10.1 Å². The summed E-state index contributed by atoms with van der Waals surface area (Å²) in [6.07, 6.45) is 0. The lowest BCUT2D eigenvalue weighted by molar-refractivity contribution is 0.480. The Kier molecular flexibility index (Phi) is 1.61. The largest absolute Gasteiger partial charge is 0.506 e. The number of thiophene rings is 1. The Bertz CT molecular complexity index is 510. The molecule has 2 aromatic rings. The van der Waals surface area contributed by atoms with Crippen molar-refractivity contribution in [1.29, 1.82) is 5.26 Å². The van der Waals surface area contributed by atoms with Crippen LogP contribution in [0.1, 0.15) is 5.56 Å². The fourth-order valence-electron chi connectivity index (χ4n) is 1.23. The molecule has 64 valence electrons. The Hall–Kier alpha value is -1.73. The van der Waals surface area contributed by atoms with Gasteiger partial charge in [-0.15, -0.1) is 11.3 Å². The molecular weight excluding hydrogens is 184 g/mol. The Labute approximate surface area is 78.6 Å². The summed E-state index contributed by atoms with van der Waals surface area (Å²) in [6, 6.07) is 5.36. The van der Waals surface area contributed by atoms with Gasteiger partial charge in [0, 0.05) is 10.1 Å². The molecule has 4 heteroatoms. The Morgan fingerprint density at radius 3 is 3.00 bits per heavy atom. The van der Waals surface area contributed by atoms with E-state index < -0.39 is 0 Å². The molecule has 0 saturated heterocycles. The van der Waals surface area contributed by atoms with Gasteiger partial charge in [0.25, 0.3) is 0 Å². The minimum absolute atomic E-state index is 0.0150. The van der Waals surface area contributed by atoms with E-state index in [1.165, 1.54) is 11.3 Å². The van der Waals surface area contributed by atoms with Gasteiger partial charge in [-0.3, -0.25) is 0 Å². The molecule has 1 heterocycles. The van der Waals surface area contributed by atoms with Crippen molar-refractivity contribution in [3.63, 3.8) is 0 Å². The van der Waals surface area contributed by atoms with Gasteiger partial charge in [0.15, 0.2) is 0 Å². The number of hydrogen-bond donors (Lipinski definition) is 2. The van der Waals surface area contributed by atoms with Gasteiger partial charge < -0.3 is 10.8 Å². The topological polar surface area (TPSA) is 70.0 Å². The summed E-state index contributed by atoms with van der Waals surface area (Å²) in [5.41, 5.74) is 6.07. The van der Waals surface area contributed by atoms with Crippen molar-refractivity contribution in [2.24, 2.45) is 0 Å². The molecule has 0 aliphatic heterocycles. The first-order chi connectivity index (χ1) is 6.24. The second-order valence-electron chi connectivity index (χ2n) is 2.63. The molecule has 2 rings (SSSR count). The molecule has 0 unspecified atom stereocenters. The van der Waals surface area contributed by atoms with Crippen LogP contribution in [0.15, 0.2) is 17.5 Å². The van der Waals surface area contributed by atoms with Crippen LogP contribution < -0.4 is 5.73 Å². The maximum Gasteiger partial charge on any atom is 0.144 e. The summed E-state index contributed by atoms with van der Waals surface area (Å²) in [5, 5.41) is 20.9. The number of nitrogens with two attached hydrogens (primary N) is 1. The molecule has 1 aromatic carbocycles. The van der Waals surface area contributed by atoms with Gasteiger partial charge in [0.05, 0.1) is 5.69 Å². The fourth-order valence-corrected chi connectivity index (χ4v) is 2.07. The highest BCUT2D eigenvalue weighted by Gasteiger charge is 2.10. The highest BCUT2D eigenvalue weighted by atomic mass is 32.1. The van der Waals surface area contributed by atoms with Crippen LogP contribution in [-0.2, 0) is 0 Å². The first-order valence-electron chi connectivity index (χ1n) is 3.63. The van der Waals surface area contributed by atoms with Gasteiger partial charge in [-0.1, -0.05) is 0 Å². The molecule has 1 aromatic heterocycles. The standard InChI is InChI=1S/C9H6N2OS/c10-4-6-7(11)3-8-5(9(6)12)1-2-13-8/h1-3,12H,11H2. The van der Waals surface area contributed by atoms with Crippen molar-refractivity contribution in [2.75, 3.05) is 5.73 Å². The lowest BCUT2D eigenvalue weighted by atomic mass is 10.1. The molecule has 0 amide bonds. The molecule has 0 aliphatic carbocycles. The zero-order valence-electron chi connectivity index (χ0n) is 6.61. The SMILES string of the molecule is N#Cc1c(N)cc2sccc2c1O. The van der Waals surface area contributed by atoms with Crippen LogP contribution in [0, 0.1) is 11.3 Å². The second kappa shape index (κ2) is 2.64. The second-order valence-corrected chi connectivity index (χ2v) is 3.58. The Balaban J connectivity index is 2.95. The molecule has 0 radical (unpaired) electrons. The van der Waals surface area contributed by atoms with E-state index in [4.69, 9.17) is 11.0 Å². The molecule has 3 nitrogen and oxygen atoms in total. The fraction of sp³-hybridized carbons (Fsp3) is 0. The van der Waals surface area contributed by atoms with Gasteiger partial charge in [0.2, 0.25) is 0 Å². The summed E-state index contributed by atoms with van der Waals surface area (Å²) in [6.45, 7) is 0. The highest BCUT2D eigenvalue weighted by Crippen LogP contribution is 2.35. The first-order valence-corrected chi connectivity index (χ1v) is 4.50. The smallest absolute Gasteiger partial charge is 0.144 e. The summed E-state index contributed by atoms with van der Waals surface area (Å²) in [7, 11) is 0. The van der Waals surface area contributed by atoms with Crippen LogP contribution in [0.4, 0.5) is 5.69 Å². The van der Waals surface area contributed by atoms with E-state index in [0.717, 1.165) is 4.70 Å². The van der Waals surface area contributed by atoms with Crippen molar-refractivity contribution in [2.45, 2.75) is 0 Å². The third-order valence-corrected chi connectivity index (χ3v) is 2.74. The molecule has 3 N–H and O–H groups in total. The van der Waals surface area contributed by atoms with E-state index in [2.05, 4.69) is 0 Å². The predicted octanol–water partition coefficient (Wildman–Crippen LogP) is 2.06. The quantitative estimate of drug-likeness (QED) is 0.624. The lowest BCUT2D eigenvalue weighted by Crippen LogP contribution is -1.90. The third-order valence-electron chi connectivity index (χ3n) is 1.87. The number of phenolic OH excluding ortho intramolecular Hbond substituents is 1. The molecule has 0 bridgehead atoms. The van der Waals surface area contributed by atoms with Crippen LogP contribution in [-0.4, -0.2) is 5.11 Å². The number of nitrogen functional groups attached to an aromatic ring is 1. The maximum absolute atomic E-state index is 9.62. The maximum atomic E-state index is 9.62. The highest BCUT2D eigenvalue weighted by molar-refractivity contribution is 7.17. The van der Waals surface area contributed by atoms with Gasteiger partial charge >= 0.3 is 0 Å². The molecule has 0 atom stereocenters. The van der Waals surface area contributed by atoms with Gasteiger partial charge in [-0.05, 0) is 17.5 Å². The van der Waals surface area contributed by atoms with Gasteiger partial charge in [0.1, 0.15) is 17.4 Å². The average molecular weight is 190 g/mol. The summed E-state index contributed by atoms with van der Waals surface area (Å²) in [5.74, 6) is -0.0150. The van der Waals surface area contributed by atoms with Crippen molar-refractivity contribution in [3.8, 4) is 11.8 Å². The van der Waals surface area contributed by atoms with Crippen molar-refractivity contribution in [3.05, 3.63) is 23.1 Å². The first kappa shape index (κ1) is 7.90. The van der Waals surface area contributed by atoms with Crippen LogP contribution in [0.5, 0.6) is 5.75 Å². The monoisotopic (exact) mass is 190 g/mol. The number of rotatable bonds is 0. The molecule has 0 saturated carbocycles. The number of phenols is 1. The molecule has 0 aliphatic rings. The van der Waals surface area contributed by atoms with Gasteiger partial charge in [-0.25, -0.2) is 0 Å². The average Bonchev–Trinajstić information content (AvgIpc) is 2.53. The summed E-state index contributed by atoms with van der Waals surface area (Å²) < 4.78 is 0.897. The minimum Gasteiger partial charge on any atom is -0.506 e. The van der Waals surface area contributed by atoms with Crippen LogP contribution >= 0.6 is 11.3 Å². The van der Waals surface area contributed by atoms with Crippen LogP contribution in [0.3, 0.4) is 0 Å². The number of hydrogen-bond acceptors (Lipinski definition) is 4. The molecule has 13 heavy (non-hydrogen) atoms. The van der Waals surface area contributed by atoms with Crippen molar-refractivity contribution in [1.82, 2.24) is 0 Å². The number of nitriles is 1. The molecule has 0 fully saturated rings. The number of fused-ring (bicyclic) bond motifs is 1. The molecular formula is C9H6N2OS. The minimum atomic E-state index is -0.0150.